The summed E-state index contributed by atoms with van der Waals surface area (Å²) in [6.45, 7) is 7.03. The molecule has 21 heavy (non-hydrogen) atoms. The van der Waals surface area contributed by atoms with E-state index in [1.807, 2.05) is 24.3 Å². The molecule has 2 aliphatic rings. The molecule has 2 unspecified atom stereocenters. The first kappa shape index (κ1) is 14.6. The van der Waals surface area contributed by atoms with E-state index >= 15 is 0 Å². The minimum absolute atomic E-state index is 0.00754. The van der Waals surface area contributed by atoms with Gasteiger partial charge in [-0.2, -0.15) is 0 Å². The second-order valence-corrected chi connectivity index (χ2v) is 6.37. The summed E-state index contributed by atoms with van der Waals surface area (Å²) in [7, 11) is 0. The molecule has 1 aromatic rings. The number of rotatable bonds is 3. The van der Waals surface area contributed by atoms with Crippen LogP contribution in [0.2, 0.25) is 0 Å². The van der Waals surface area contributed by atoms with Crippen molar-refractivity contribution in [2.75, 3.05) is 32.8 Å². The highest BCUT2D eigenvalue weighted by molar-refractivity contribution is 5.40. The maximum Gasteiger partial charge on any atom is 0.161 e. The first-order valence-electron chi connectivity index (χ1n) is 7.45. The summed E-state index contributed by atoms with van der Waals surface area (Å²) in [5, 5.41) is 9.37. The summed E-state index contributed by atoms with van der Waals surface area (Å²) in [5.74, 6) is 1.62. The van der Waals surface area contributed by atoms with E-state index in [-0.39, 0.29) is 24.4 Å². The third-order valence-electron chi connectivity index (χ3n) is 3.78. The first-order chi connectivity index (χ1) is 10.1. The van der Waals surface area contributed by atoms with Gasteiger partial charge < -0.3 is 19.3 Å². The zero-order valence-corrected chi connectivity index (χ0v) is 12.6. The molecule has 0 saturated carbocycles. The third-order valence-corrected chi connectivity index (χ3v) is 3.78. The minimum Gasteiger partial charge on any atom is -0.486 e. The Morgan fingerprint density at radius 2 is 2.00 bits per heavy atom. The number of para-hydroxylation sites is 2. The SMILES string of the molecule is CC1(C)CN(CC2COc3ccccc3O2)CC(CO)O1. The molecule has 0 aliphatic carbocycles. The molecule has 1 fully saturated rings. The molecule has 5 heteroatoms. The lowest BCUT2D eigenvalue weighted by atomic mass is 10.0. The van der Waals surface area contributed by atoms with Crippen LogP contribution >= 0.6 is 0 Å². The molecule has 2 aliphatic heterocycles. The van der Waals surface area contributed by atoms with E-state index in [9.17, 15) is 5.11 Å². The molecule has 1 N–H and O–H groups in total. The van der Waals surface area contributed by atoms with E-state index in [4.69, 9.17) is 14.2 Å². The van der Waals surface area contributed by atoms with Gasteiger partial charge in [-0.15, -0.1) is 0 Å². The number of aliphatic hydroxyl groups excluding tert-OH is 1. The van der Waals surface area contributed by atoms with Crippen molar-refractivity contribution in [3.05, 3.63) is 24.3 Å². The van der Waals surface area contributed by atoms with E-state index < -0.39 is 0 Å². The van der Waals surface area contributed by atoms with E-state index in [1.54, 1.807) is 0 Å². The zero-order chi connectivity index (χ0) is 14.9. The van der Waals surface area contributed by atoms with Crippen molar-refractivity contribution in [1.29, 1.82) is 0 Å². The number of aliphatic hydroxyl groups is 1. The van der Waals surface area contributed by atoms with Crippen molar-refractivity contribution in [1.82, 2.24) is 4.90 Å². The van der Waals surface area contributed by atoms with Gasteiger partial charge >= 0.3 is 0 Å². The Kier molecular flexibility index (Phi) is 4.06. The van der Waals surface area contributed by atoms with Crippen LogP contribution in [0.1, 0.15) is 13.8 Å². The largest absolute Gasteiger partial charge is 0.486 e. The Labute approximate surface area is 125 Å². The number of hydrogen-bond acceptors (Lipinski definition) is 5. The van der Waals surface area contributed by atoms with E-state index in [1.165, 1.54) is 0 Å². The van der Waals surface area contributed by atoms with Crippen LogP contribution in [0.15, 0.2) is 24.3 Å². The Hall–Kier alpha value is -1.30. The molecule has 0 aromatic heterocycles. The van der Waals surface area contributed by atoms with E-state index in [0.29, 0.717) is 6.61 Å². The molecule has 3 rings (SSSR count). The Bertz CT molecular complexity index is 491. The predicted molar refractivity (Wildman–Crippen MR) is 78.8 cm³/mol. The molecule has 5 nitrogen and oxygen atoms in total. The molecule has 1 saturated heterocycles. The summed E-state index contributed by atoms with van der Waals surface area (Å²) >= 11 is 0. The topological polar surface area (TPSA) is 51.2 Å². The van der Waals surface area contributed by atoms with Gasteiger partial charge in [-0.25, -0.2) is 0 Å². The summed E-state index contributed by atoms with van der Waals surface area (Å²) < 4.78 is 17.6. The van der Waals surface area contributed by atoms with Gasteiger partial charge in [0, 0.05) is 19.6 Å². The van der Waals surface area contributed by atoms with Crippen molar-refractivity contribution in [3.8, 4) is 11.5 Å². The number of nitrogens with zero attached hydrogens (tertiary/aromatic N) is 1. The fourth-order valence-corrected chi connectivity index (χ4v) is 3.09. The van der Waals surface area contributed by atoms with Crippen molar-refractivity contribution in [2.24, 2.45) is 0 Å². The lowest BCUT2D eigenvalue weighted by Gasteiger charge is -2.43. The number of benzene rings is 1. The number of hydrogen-bond donors (Lipinski definition) is 1. The number of ether oxygens (including phenoxy) is 3. The molecular formula is C16H23NO4. The second-order valence-electron chi connectivity index (χ2n) is 6.37. The van der Waals surface area contributed by atoms with E-state index in [2.05, 4.69) is 18.7 Å². The Morgan fingerprint density at radius 1 is 1.24 bits per heavy atom. The maximum absolute atomic E-state index is 9.37. The second kappa shape index (κ2) is 5.83. The van der Waals surface area contributed by atoms with Crippen LogP contribution < -0.4 is 9.47 Å². The van der Waals surface area contributed by atoms with Crippen LogP contribution in [-0.2, 0) is 4.74 Å². The molecule has 0 radical (unpaired) electrons. The van der Waals surface area contributed by atoms with Crippen LogP contribution in [0, 0.1) is 0 Å². The zero-order valence-electron chi connectivity index (χ0n) is 12.6. The van der Waals surface area contributed by atoms with Crippen molar-refractivity contribution >= 4 is 0 Å². The van der Waals surface area contributed by atoms with Gasteiger partial charge in [0.05, 0.1) is 18.3 Å². The maximum atomic E-state index is 9.37. The average Bonchev–Trinajstić information content (AvgIpc) is 2.45. The Morgan fingerprint density at radius 3 is 2.76 bits per heavy atom. The van der Waals surface area contributed by atoms with Gasteiger partial charge in [0.1, 0.15) is 12.7 Å². The lowest BCUT2D eigenvalue weighted by Crippen LogP contribution is -2.56. The van der Waals surface area contributed by atoms with E-state index in [0.717, 1.165) is 31.1 Å². The minimum atomic E-state index is -0.251. The summed E-state index contributed by atoms with van der Waals surface area (Å²) in [4.78, 5) is 2.28. The molecule has 0 bridgehead atoms. The van der Waals surface area contributed by atoms with Crippen molar-refractivity contribution in [3.63, 3.8) is 0 Å². The van der Waals surface area contributed by atoms with Crippen LogP contribution in [0.3, 0.4) is 0 Å². The average molecular weight is 293 g/mol. The molecule has 2 atom stereocenters. The highest BCUT2D eigenvalue weighted by atomic mass is 16.6. The first-order valence-corrected chi connectivity index (χ1v) is 7.45. The number of morpholine rings is 1. The molecule has 0 amide bonds. The van der Waals surface area contributed by atoms with Gasteiger partial charge in [-0.1, -0.05) is 12.1 Å². The summed E-state index contributed by atoms with van der Waals surface area (Å²) in [5.41, 5.74) is -0.251. The monoisotopic (exact) mass is 293 g/mol. The third kappa shape index (κ3) is 3.48. The van der Waals surface area contributed by atoms with Crippen LogP contribution in [0.4, 0.5) is 0 Å². The van der Waals surface area contributed by atoms with Gasteiger partial charge in [0.2, 0.25) is 0 Å². The molecule has 116 valence electrons. The molecule has 0 spiro atoms. The number of fused-ring (bicyclic) bond motifs is 1. The van der Waals surface area contributed by atoms with Crippen LogP contribution in [0.25, 0.3) is 0 Å². The van der Waals surface area contributed by atoms with Crippen molar-refractivity contribution < 1.29 is 19.3 Å². The molecule has 1 aromatic carbocycles. The molecule has 2 heterocycles. The predicted octanol–water partition coefficient (Wildman–Crippen LogP) is 1.30. The van der Waals surface area contributed by atoms with Gasteiger partial charge in [-0.05, 0) is 26.0 Å². The standard InChI is InChI=1S/C16H23NO4/c1-16(2)11-17(7-12(9-18)21-16)8-13-10-19-14-5-3-4-6-15(14)20-13/h3-6,12-13,18H,7-11H2,1-2H3. The van der Waals surface area contributed by atoms with Gasteiger partial charge in [0.15, 0.2) is 11.5 Å². The molecular weight excluding hydrogens is 270 g/mol. The quantitative estimate of drug-likeness (QED) is 0.910. The Balaban J connectivity index is 1.62. The summed E-state index contributed by atoms with van der Waals surface area (Å²) in [6, 6.07) is 7.75. The van der Waals surface area contributed by atoms with Crippen LogP contribution in [-0.4, -0.2) is 60.7 Å². The smallest absolute Gasteiger partial charge is 0.161 e. The normalized spacial score (nSPS) is 28.3. The summed E-state index contributed by atoms with van der Waals surface area (Å²) in [6.07, 6.45) is -0.126. The van der Waals surface area contributed by atoms with Gasteiger partial charge in [-0.3, -0.25) is 4.90 Å². The highest BCUT2D eigenvalue weighted by Gasteiger charge is 2.35. The fraction of sp³-hybridized carbons (Fsp3) is 0.625. The van der Waals surface area contributed by atoms with Gasteiger partial charge in [0.25, 0.3) is 0 Å². The van der Waals surface area contributed by atoms with Crippen LogP contribution in [0.5, 0.6) is 11.5 Å². The highest BCUT2D eigenvalue weighted by Crippen LogP contribution is 2.31. The fourth-order valence-electron chi connectivity index (χ4n) is 3.09. The van der Waals surface area contributed by atoms with Crippen molar-refractivity contribution in [2.45, 2.75) is 31.7 Å². The lowest BCUT2D eigenvalue weighted by molar-refractivity contribution is -0.153.